The summed E-state index contributed by atoms with van der Waals surface area (Å²) in [7, 11) is 0. The van der Waals surface area contributed by atoms with E-state index in [1.165, 1.54) is 38.5 Å². The molecule has 1 unspecified atom stereocenters. The van der Waals surface area contributed by atoms with Gasteiger partial charge in [-0.05, 0) is 93.2 Å². The summed E-state index contributed by atoms with van der Waals surface area (Å²) in [6.07, 6.45) is 9.43. The van der Waals surface area contributed by atoms with E-state index in [-0.39, 0.29) is 29.5 Å². The third kappa shape index (κ3) is 3.56. The SMILES string of the molecule is CC(NC(=O)COC(=O)c1ccc2c(=O)n3c(nc2c1)CCC3)C12CC3CC(CC(C3)C1)C2. The zero-order valence-corrected chi connectivity index (χ0v) is 19.1. The number of fused-ring (bicyclic) bond motifs is 2. The van der Waals surface area contributed by atoms with Crippen LogP contribution in [0.1, 0.15) is 68.1 Å². The summed E-state index contributed by atoms with van der Waals surface area (Å²) < 4.78 is 7.02. The summed E-state index contributed by atoms with van der Waals surface area (Å²) in [5.41, 5.74) is 0.958. The number of hydrogen-bond acceptors (Lipinski definition) is 5. The molecule has 0 radical (unpaired) electrons. The Morgan fingerprint density at radius 1 is 1.18 bits per heavy atom. The van der Waals surface area contributed by atoms with Crippen molar-refractivity contribution in [2.24, 2.45) is 23.2 Å². The van der Waals surface area contributed by atoms with Gasteiger partial charge in [0.15, 0.2) is 6.61 Å². The summed E-state index contributed by atoms with van der Waals surface area (Å²) in [6, 6.07) is 4.89. The van der Waals surface area contributed by atoms with E-state index < -0.39 is 5.97 Å². The number of amides is 1. The molecular weight excluding hydrogens is 418 g/mol. The molecule has 4 saturated carbocycles. The lowest BCUT2D eigenvalue weighted by Gasteiger charge is -2.59. The van der Waals surface area contributed by atoms with Crippen molar-refractivity contribution in [3.8, 4) is 0 Å². The molecule has 4 bridgehead atoms. The molecule has 5 aliphatic rings. The molecule has 4 fully saturated rings. The van der Waals surface area contributed by atoms with E-state index >= 15 is 0 Å². The van der Waals surface area contributed by atoms with Crippen LogP contribution in [0.5, 0.6) is 0 Å². The van der Waals surface area contributed by atoms with Gasteiger partial charge in [-0.2, -0.15) is 0 Å². The standard InChI is InChI=1S/C26H31N3O4/c1-15(26-11-16-7-17(12-26)9-18(8-16)13-26)27-23(30)14-33-25(32)19-4-5-20-21(10-19)28-22-3-2-6-29(22)24(20)31/h4-5,10,15-18H,2-3,6-9,11-14H2,1H3,(H,27,30). The van der Waals surface area contributed by atoms with E-state index in [0.29, 0.717) is 23.0 Å². The summed E-state index contributed by atoms with van der Waals surface area (Å²) in [5.74, 6) is 2.41. The first-order valence-electron chi connectivity index (χ1n) is 12.4. The molecule has 0 saturated heterocycles. The van der Waals surface area contributed by atoms with Crippen molar-refractivity contribution in [2.75, 3.05) is 6.61 Å². The van der Waals surface area contributed by atoms with Gasteiger partial charge in [0.2, 0.25) is 0 Å². The van der Waals surface area contributed by atoms with Crippen molar-refractivity contribution in [1.82, 2.24) is 14.9 Å². The Morgan fingerprint density at radius 3 is 2.58 bits per heavy atom. The molecule has 7 nitrogen and oxygen atoms in total. The molecule has 2 heterocycles. The predicted molar refractivity (Wildman–Crippen MR) is 123 cm³/mol. The number of nitrogens with one attached hydrogen (secondary N) is 1. The minimum atomic E-state index is -0.572. The Labute approximate surface area is 192 Å². The Bertz CT molecular complexity index is 1160. The molecule has 4 aliphatic carbocycles. The van der Waals surface area contributed by atoms with Gasteiger partial charge in [-0.15, -0.1) is 0 Å². The van der Waals surface area contributed by atoms with Crippen molar-refractivity contribution >= 4 is 22.8 Å². The zero-order valence-electron chi connectivity index (χ0n) is 19.1. The third-order valence-electron chi connectivity index (χ3n) is 8.77. The van der Waals surface area contributed by atoms with Gasteiger partial charge in [0.25, 0.3) is 11.5 Å². The van der Waals surface area contributed by atoms with Crippen molar-refractivity contribution in [1.29, 1.82) is 0 Å². The number of hydrogen-bond donors (Lipinski definition) is 1. The molecule has 1 aromatic carbocycles. The number of nitrogens with zero attached hydrogens (tertiary/aromatic N) is 2. The highest BCUT2D eigenvalue weighted by Gasteiger charge is 2.53. The van der Waals surface area contributed by atoms with Gasteiger partial charge in [-0.1, -0.05) is 0 Å². The van der Waals surface area contributed by atoms with Gasteiger partial charge in [0.1, 0.15) is 5.82 Å². The Morgan fingerprint density at radius 2 is 1.88 bits per heavy atom. The predicted octanol–water partition coefficient (Wildman–Crippen LogP) is 3.22. The van der Waals surface area contributed by atoms with E-state index in [1.807, 2.05) is 0 Å². The van der Waals surface area contributed by atoms with Gasteiger partial charge in [0, 0.05) is 19.0 Å². The smallest absolute Gasteiger partial charge is 0.338 e. The van der Waals surface area contributed by atoms with Crippen LogP contribution in [0.3, 0.4) is 0 Å². The number of ether oxygens (including phenoxy) is 1. The number of carbonyl (C=O) groups excluding carboxylic acids is 2. The van der Waals surface area contributed by atoms with Crippen LogP contribution in [0.25, 0.3) is 10.9 Å². The molecule has 33 heavy (non-hydrogen) atoms. The van der Waals surface area contributed by atoms with Crippen molar-refractivity contribution < 1.29 is 14.3 Å². The number of rotatable bonds is 5. The summed E-state index contributed by atoms with van der Waals surface area (Å²) in [4.78, 5) is 42.4. The van der Waals surface area contributed by atoms with Crippen LogP contribution < -0.4 is 10.9 Å². The highest BCUT2D eigenvalue weighted by molar-refractivity contribution is 5.95. The van der Waals surface area contributed by atoms with Crippen LogP contribution in [0.2, 0.25) is 0 Å². The maximum atomic E-state index is 12.6. The fourth-order valence-corrected chi connectivity index (χ4v) is 7.57. The van der Waals surface area contributed by atoms with Crippen LogP contribution in [0.15, 0.2) is 23.0 Å². The Balaban J connectivity index is 1.10. The minimum Gasteiger partial charge on any atom is -0.452 e. The average Bonchev–Trinajstić information content (AvgIpc) is 3.25. The Hall–Kier alpha value is -2.70. The normalized spacial score (nSPS) is 30.3. The first-order chi connectivity index (χ1) is 15.9. The van der Waals surface area contributed by atoms with E-state index in [4.69, 9.17) is 4.74 Å². The van der Waals surface area contributed by atoms with Crippen LogP contribution in [-0.2, 0) is 22.5 Å². The molecule has 1 atom stereocenters. The first-order valence-corrected chi connectivity index (χ1v) is 12.4. The lowest BCUT2D eigenvalue weighted by molar-refractivity contribution is -0.128. The van der Waals surface area contributed by atoms with E-state index in [9.17, 15) is 14.4 Å². The van der Waals surface area contributed by atoms with E-state index in [0.717, 1.165) is 36.4 Å². The molecule has 1 N–H and O–H groups in total. The van der Waals surface area contributed by atoms with Gasteiger partial charge in [-0.3, -0.25) is 14.2 Å². The van der Waals surface area contributed by atoms with Gasteiger partial charge >= 0.3 is 5.97 Å². The van der Waals surface area contributed by atoms with Gasteiger partial charge < -0.3 is 10.1 Å². The lowest BCUT2D eigenvalue weighted by Crippen LogP contribution is -2.56. The molecule has 1 aromatic heterocycles. The second kappa shape index (κ2) is 7.67. The second-order valence-corrected chi connectivity index (χ2v) is 11.0. The van der Waals surface area contributed by atoms with Gasteiger partial charge in [0.05, 0.1) is 16.5 Å². The highest BCUT2D eigenvalue weighted by atomic mass is 16.5. The zero-order chi connectivity index (χ0) is 22.7. The molecule has 1 aliphatic heterocycles. The summed E-state index contributed by atoms with van der Waals surface area (Å²) in [6.45, 7) is 2.52. The van der Waals surface area contributed by atoms with Crippen molar-refractivity contribution in [3.05, 3.63) is 39.9 Å². The van der Waals surface area contributed by atoms with Crippen LogP contribution in [0.4, 0.5) is 0 Å². The fraction of sp³-hybridized carbons (Fsp3) is 0.615. The number of carbonyl (C=O) groups is 2. The summed E-state index contributed by atoms with van der Waals surface area (Å²) in [5, 5.41) is 3.64. The maximum absolute atomic E-state index is 12.6. The minimum absolute atomic E-state index is 0.0644. The molecule has 7 rings (SSSR count). The monoisotopic (exact) mass is 449 g/mol. The maximum Gasteiger partial charge on any atom is 0.338 e. The molecular formula is C26H31N3O4. The van der Waals surface area contributed by atoms with Crippen molar-refractivity contribution in [3.63, 3.8) is 0 Å². The molecule has 7 heteroatoms. The van der Waals surface area contributed by atoms with E-state index in [2.05, 4.69) is 17.2 Å². The number of benzene rings is 1. The first kappa shape index (κ1) is 20.9. The quantitative estimate of drug-likeness (QED) is 0.708. The highest BCUT2D eigenvalue weighted by Crippen LogP contribution is 2.61. The Kier molecular flexibility index (Phi) is 4.85. The van der Waals surface area contributed by atoms with Crippen LogP contribution in [0, 0.1) is 23.2 Å². The molecule has 0 spiro atoms. The van der Waals surface area contributed by atoms with Crippen LogP contribution >= 0.6 is 0 Å². The van der Waals surface area contributed by atoms with E-state index in [1.54, 1.807) is 22.8 Å². The third-order valence-corrected chi connectivity index (χ3v) is 8.77. The summed E-state index contributed by atoms with van der Waals surface area (Å²) >= 11 is 0. The molecule has 174 valence electrons. The number of esters is 1. The lowest BCUT2D eigenvalue weighted by atomic mass is 9.48. The molecule has 1 amide bonds. The fourth-order valence-electron chi connectivity index (χ4n) is 7.57. The number of aryl methyl sites for hydroxylation is 1. The number of aromatic nitrogens is 2. The molecule has 2 aromatic rings. The van der Waals surface area contributed by atoms with Crippen LogP contribution in [-0.4, -0.2) is 34.1 Å². The largest absolute Gasteiger partial charge is 0.452 e. The van der Waals surface area contributed by atoms with Crippen molar-refractivity contribution in [2.45, 2.75) is 70.9 Å². The topological polar surface area (TPSA) is 90.3 Å². The average molecular weight is 450 g/mol. The second-order valence-electron chi connectivity index (χ2n) is 11.0. The van der Waals surface area contributed by atoms with Gasteiger partial charge in [-0.25, -0.2) is 9.78 Å².